The van der Waals surface area contributed by atoms with Crippen molar-refractivity contribution in [3.63, 3.8) is 0 Å². The molecule has 0 saturated carbocycles. The van der Waals surface area contributed by atoms with Gasteiger partial charge in [0.25, 0.3) is 0 Å². The highest BCUT2D eigenvalue weighted by atomic mass is 35.5. The predicted molar refractivity (Wildman–Crippen MR) is 80.9 cm³/mol. The highest BCUT2D eigenvalue weighted by Crippen LogP contribution is 2.20. The van der Waals surface area contributed by atoms with Crippen molar-refractivity contribution >= 4 is 23.1 Å². The second-order valence-corrected chi connectivity index (χ2v) is 5.76. The number of carbonyl (C=O) groups excluding carboxylic acids is 1. The number of aromatic nitrogens is 2. The molecule has 2 aromatic rings. The van der Waals surface area contributed by atoms with Crippen LogP contribution in [0.15, 0.2) is 18.3 Å². The molecule has 1 saturated heterocycles. The van der Waals surface area contributed by atoms with Gasteiger partial charge in [0.15, 0.2) is 5.69 Å². The minimum atomic E-state index is -0.419. The second kappa shape index (κ2) is 6.03. The van der Waals surface area contributed by atoms with Gasteiger partial charge in [-0.25, -0.2) is 9.78 Å². The molecule has 0 bridgehead atoms. The van der Waals surface area contributed by atoms with E-state index >= 15 is 0 Å². The van der Waals surface area contributed by atoms with Crippen LogP contribution >= 0.6 is 11.6 Å². The molecule has 1 fully saturated rings. The fourth-order valence-corrected chi connectivity index (χ4v) is 2.99. The fraction of sp³-hybridized carbons (Fsp3) is 0.467. The van der Waals surface area contributed by atoms with Gasteiger partial charge < -0.3 is 14.5 Å². The van der Waals surface area contributed by atoms with Crippen LogP contribution in [-0.2, 0) is 11.2 Å². The fourth-order valence-electron chi connectivity index (χ4n) is 2.83. The number of fused-ring (bicyclic) bond motifs is 1. The van der Waals surface area contributed by atoms with E-state index in [9.17, 15) is 4.79 Å². The van der Waals surface area contributed by atoms with E-state index in [-0.39, 0.29) is 0 Å². The summed E-state index contributed by atoms with van der Waals surface area (Å²) in [6.45, 7) is 1.04. The van der Waals surface area contributed by atoms with E-state index in [0.29, 0.717) is 16.8 Å². The second-order valence-electron chi connectivity index (χ2n) is 5.32. The van der Waals surface area contributed by atoms with Gasteiger partial charge in [-0.1, -0.05) is 18.0 Å². The van der Waals surface area contributed by atoms with Gasteiger partial charge in [-0.2, -0.15) is 0 Å². The Morgan fingerprint density at radius 3 is 3.10 bits per heavy atom. The largest absolute Gasteiger partial charge is 0.464 e. The smallest absolute Gasteiger partial charge is 0.358 e. The molecule has 0 aliphatic carbocycles. The first-order valence-electron chi connectivity index (χ1n) is 7.17. The van der Waals surface area contributed by atoms with Crippen LogP contribution in [0.3, 0.4) is 0 Å². The van der Waals surface area contributed by atoms with Gasteiger partial charge in [-0.15, -0.1) is 0 Å². The summed E-state index contributed by atoms with van der Waals surface area (Å²) in [5.41, 5.74) is 1.08. The van der Waals surface area contributed by atoms with Crippen LogP contribution in [0.5, 0.6) is 0 Å². The minimum Gasteiger partial charge on any atom is -0.464 e. The number of hydrogen-bond acceptors (Lipinski definition) is 4. The third-order valence-corrected chi connectivity index (χ3v) is 4.12. The van der Waals surface area contributed by atoms with Crippen LogP contribution in [-0.4, -0.2) is 35.1 Å². The molecule has 0 spiro atoms. The van der Waals surface area contributed by atoms with Gasteiger partial charge in [-0.05, 0) is 31.5 Å². The molecule has 1 atom stereocenters. The summed E-state index contributed by atoms with van der Waals surface area (Å²) in [4.78, 5) is 16.4. The molecule has 2 aromatic heterocycles. The number of hydrogen-bond donors (Lipinski definition) is 1. The summed E-state index contributed by atoms with van der Waals surface area (Å²) in [5, 5.41) is 4.12. The standard InChI is InChI=1S/C15H18ClN3O2/c1-21-15(20)14-12-6-5-10(16)9-19(12)13(18-14)8-11-4-2-3-7-17-11/h5-6,9,11,17H,2-4,7-8H2,1H3. The normalized spacial score (nSPS) is 18.9. The highest BCUT2D eigenvalue weighted by Gasteiger charge is 2.21. The van der Waals surface area contributed by atoms with E-state index in [1.807, 2.05) is 4.40 Å². The Kier molecular flexibility index (Phi) is 4.12. The Hall–Kier alpha value is -1.59. The average molecular weight is 308 g/mol. The number of carbonyl (C=O) groups is 1. The van der Waals surface area contributed by atoms with Crippen molar-refractivity contribution in [2.75, 3.05) is 13.7 Å². The van der Waals surface area contributed by atoms with Gasteiger partial charge >= 0.3 is 5.97 Å². The zero-order valence-electron chi connectivity index (χ0n) is 11.9. The van der Waals surface area contributed by atoms with Gasteiger partial charge in [0.05, 0.1) is 17.6 Å². The Morgan fingerprint density at radius 2 is 2.38 bits per heavy atom. The predicted octanol–water partition coefficient (Wildman–Crippen LogP) is 2.46. The number of piperidine rings is 1. The topological polar surface area (TPSA) is 55.6 Å². The molecule has 1 unspecified atom stereocenters. The van der Waals surface area contributed by atoms with Crippen molar-refractivity contribution in [2.24, 2.45) is 0 Å². The van der Waals surface area contributed by atoms with Crippen LogP contribution in [0.1, 0.15) is 35.6 Å². The molecular weight excluding hydrogens is 290 g/mol. The number of ether oxygens (including phenoxy) is 1. The number of esters is 1. The monoisotopic (exact) mass is 307 g/mol. The quantitative estimate of drug-likeness (QED) is 0.885. The van der Waals surface area contributed by atoms with Crippen molar-refractivity contribution < 1.29 is 9.53 Å². The summed E-state index contributed by atoms with van der Waals surface area (Å²) in [6, 6.07) is 3.96. The number of halogens is 1. The molecular formula is C15H18ClN3O2. The highest BCUT2D eigenvalue weighted by molar-refractivity contribution is 6.30. The van der Waals surface area contributed by atoms with E-state index in [0.717, 1.165) is 30.7 Å². The third kappa shape index (κ3) is 2.89. The molecule has 0 amide bonds. The van der Waals surface area contributed by atoms with Gasteiger partial charge in [-0.3, -0.25) is 0 Å². The molecule has 3 heterocycles. The van der Waals surface area contributed by atoms with Crippen molar-refractivity contribution in [3.05, 3.63) is 34.9 Å². The Balaban J connectivity index is 2.00. The first-order valence-corrected chi connectivity index (χ1v) is 7.55. The molecule has 1 N–H and O–H groups in total. The van der Waals surface area contributed by atoms with Crippen molar-refractivity contribution in [2.45, 2.75) is 31.7 Å². The number of methoxy groups -OCH3 is 1. The van der Waals surface area contributed by atoms with Crippen molar-refractivity contribution in [3.8, 4) is 0 Å². The number of pyridine rings is 1. The van der Waals surface area contributed by atoms with Crippen molar-refractivity contribution in [1.82, 2.24) is 14.7 Å². The molecule has 5 nitrogen and oxygen atoms in total. The van der Waals surface area contributed by atoms with Crippen LogP contribution < -0.4 is 5.32 Å². The summed E-state index contributed by atoms with van der Waals surface area (Å²) < 4.78 is 6.71. The van der Waals surface area contributed by atoms with E-state index in [1.165, 1.54) is 20.0 Å². The maximum Gasteiger partial charge on any atom is 0.358 e. The van der Waals surface area contributed by atoms with Gasteiger partial charge in [0.1, 0.15) is 5.82 Å². The maximum absolute atomic E-state index is 11.9. The zero-order chi connectivity index (χ0) is 14.8. The lowest BCUT2D eigenvalue weighted by Gasteiger charge is -2.22. The van der Waals surface area contributed by atoms with Crippen LogP contribution in [0.25, 0.3) is 5.52 Å². The maximum atomic E-state index is 11.9. The Labute approximate surface area is 128 Å². The molecule has 1 aliphatic heterocycles. The minimum absolute atomic E-state index is 0.347. The van der Waals surface area contributed by atoms with E-state index in [1.54, 1.807) is 18.3 Å². The van der Waals surface area contributed by atoms with Gasteiger partial charge in [0.2, 0.25) is 0 Å². The lowest BCUT2D eigenvalue weighted by Crippen LogP contribution is -2.36. The summed E-state index contributed by atoms with van der Waals surface area (Å²) in [6.07, 6.45) is 6.15. The van der Waals surface area contributed by atoms with E-state index < -0.39 is 5.97 Å². The number of rotatable bonds is 3. The molecule has 0 aromatic carbocycles. The third-order valence-electron chi connectivity index (χ3n) is 3.89. The Morgan fingerprint density at radius 1 is 1.52 bits per heavy atom. The van der Waals surface area contributed by atoms with Crippen molar-refractivity contribution in [1.29, 1.82) is 0 Å². The summed E-state index contributed by atoms with van der Waals surface area (Å²) >= 11 is 6.08. The molecule has 3 rings (SSSR count). The Bertz CT molecular complexity index is 662. The SMILES string of the molecule is COC(=O)c1nc(CC2CCCCN2)n2cc(Cl)ccc12. The lowest BCUT2D eigenvalue weighted by atomic mass is 10.0. The van der Waals surface area contributed by atoms with E-state index in [4.69, 9.17) is 16.3 Å². The molecule has 0 radical (unpaired) electrons. The number of nitrogens with one attached hydrogen (secondary N) is 1. The van der Waals surface area contributed by atoms with E-state index in [2.05, 4.69) is 10.3 Å². The average Bonchev–Trinajstić information content (AvgIpc) is 2.85. The molecule has 1 aliphatic rings. The van der Waals surface area contributed by atoms with Crippen LogP contribution in [0.4, 0.5) is 0 Å². The summed E-state index contributed by atoms with van der Waals surface area (Å²) in [7, 11) is 1.37. The van der Waals surface area contributed by atoms with Gasteiger partial charge in [0, 0.05) is 18.7 Å². The van der Waals surface area contributed by atoms with Crippen LogP contribution in [0.2, 0.25) is 5.02 Å². The molecule has 112 valence electrons. The molecule has 21 heavy (non-hydrogen) atoms. The first kappa shape index (κ1) is 14.4. The number of imidazole rings is 1. The van der Waals surface area contributed by atoms with Crippen LogP contribution in [0, 0.1) is 0 Å². The first-order chi connectivity index (χ1) is 10.2. The summed E-state index contributed by atoms with van der Waals surface area (Å²) in [5.74, 6) is 0.421. The molecule has 6 heteroatoms. The zero-order valence-corrected chi connectivity index (χ0v) is 12.7. The lowest BCUT2D eigenvalue weighted by molar-refractivity contribution is 0.0596. The number of nitrogens with zero attached hydrogens (tertiary/aromatic N) is 2.